The molecule has 200 valence electrons. The molecule has 0 aliphatic heterocycles. The van der Waals surface area contributed by atoms with E-state index in [0.717, 1.165) is 41.8 Å². The maximum Gasteiger partial charge on any atom is 0.416 e. The third-order valence-electron chi connectivity index (χ3n) is 6.71. The van der Waals surface area contributed by atoms with Gasteiger partial charge in [-0.2, -0.15) is 18.3 Å². The number of carboxylic acid groups (broad SMARTS) is 1. The molecule has 1 saturated carbocycles. The zero-order valence-corrected chi connectivity index (χ0v) is 20.7. The smallest absolute Gasteiger partial charge is 0.416 e. The van der Waals surface area contributed by atoms with Gasteiger partial charge in [0.25, 0.3) is 0 Å². The van der Waals surface area contributed by atoms with Crippen molar-refractivity contribution in [3.05, 3.63) is 58.4 Å². The van der Waals surface area contributed by atoms with Crippen molar-refractivity contribution >= 4 is 11.5 Å². The summed E-state index contributed by atoms with van der Waals surface area (Å²) in [5.74, 6) is -0.499. The highest BCUT2D eigenvalue weighted by Crippen LogP contribution is 2.36. The molecule has 0 amide bonds. The van der Waals surface area contributed by atoms with E-state index in [1.807, 2.05) is 6.92 Å². The van der Waals surface area contributed by atoms with Crippen LogP contribution in [-0.4, -0.2) is 52.2 Å². The number of benzene rings is 1. The lowest BCUT2D eigenvalue weighted by Gasteiger charge is -2.27. The maximum absolute atomic E-state index is 13.4. The van der Waals surface area contributed by atoms with Crippen LogP contribution in [0.15, 0.2) is 30.3 Å². The molecule has 2 unspecified atom stereocenters. The van der Waals surface area contributed by atoms with Crippen LogP contribution in [-0.2, 0) is 17.3 Å². The summed E-state index contributed by atoms with van der Waals surface area (Å²) in [6, 6.07) is 6.17. The fourth-order valence-electron chi connectivity index (χ4n) is 4.77. The summed E-state index contributed by atoms with van der Waals surface area (Å²) in [5, 5.41) is 25.1. The summed E-state index contributed by atoms with van der Waals surface area (Å²) >= 11 is 0. The average molecular weight is 523 g/mol. The van der Waals surface area contributed by atoms with Crippen LogP contribution in [0.1, 0.15) is 64.7 Å². The van der Waals surface area contributed by atoms with Gasteiger partial charge in [0.2, 0.25) is 0 Å². The molecule has 2 heterocycles. The number of carbonyl (C=O) groups is 1. The second-order valence-electron chi connectivity index (χ2n) is 9.18. The van der Waals surface area contributed by atoms with Gasteiger partial charge in [-0.05, 0) is 55.7 Å². The Kier molecular flexibility index (Phi) is 7.65. The van der Waals surface area contributed by atoms with Crippen LogP contribution in [0.4, 0.5) is 13.2 Å². The van der Waals surface area contributed by atoms with Gasteiger partial charge in [0.1, 0.15) is 17.6 Å². The van der Waals surface area contributed by atoms with Gasteiger partial charge in [-0.1, -0.05) is 12.8 Å². The lowest BCUT2D eigenvalue weighted by Crippen LogP contribution is -2.29. The number of ether oxygens (including phenoxy) is 3. The van der Waals surface area contributed by atoms with Crippen molar-refractivity contribution in [2.24, 2.45) is 0 Å². The van der Waals surface area contributed by atoms with E-state index in [1.165, 1.54) is 20.3 Å². The topological polar surface area (TPSA) is 103 Å². The largest absolute Gasteiger partial charge is 0.496 e. The van der Waals surface area contributed by atoms with Gasteiger partial charge in [0, 0.05) is 12.0 Å². The Hall–Kier alpha value is -3.31. The third-order valence-corrected chi connectivity index (χ3v) is 6.71. The standard InChI is InChI=1S/C26H29F3N2O6/c1-14-21(35-2)8-15(9-22(14)36-3)24(32)23(37-19-6-4-5-7-19)13-17-12-18-10-16(26(27,28)29)11-20(25(33)34)31(18)30-17/h8-12,19,23-24,32H,4-7,13H2,1-3H3,(H,33,34). The minimum atomic E-state index is -4.72. The van der Waals surface area contributed by atoms with Crippen LogP contribution in [0.2, 0.25) is 0 Å². The summed E-state index contributed by atoms with van der Waals surface area (Å²) in [6.45, 7) is 1.83. The Bertz CT molecular complexity index is 1260. The SMILES string of the molecule is COc1cc(C(O)C(Cc2cc3cc(C(F)(F)F)cc(C(=O)O)n3n2)OC2CCCC2)cc(OC)c1C. The van der Waals surface area contributed by atoms with Gasteiger partial charge in [-0.25, -0.2) is 9.31 Å². The maximum atomic E-state index is 13.4. The molecule has 0 bridgehead atoms. The van der Waals surface area contributed by atoms with Crippen LogP contribution in [0, 0.1) is 6.92 Å². The molecule has 4 rings (SSSR count). The number of nitrogens with zero attached hydrogens (tertiary/aromatic N) is 2. The highest BCUT2D eigenvalue weighted by Gasteiger charge is 2.33. The van der Waals surface area contributed by atoms with E-state index in [1.54, 1.807) is 12.1 Å². The molecule has 1 aliphatic rings. The van der Waals surface area contributed by atoms with Crippen LogP contribution in [0.5, 0.6) is 11.5 Å². The number of aromatic nitrogens is 2. The summed E-state index contributed by atoms with van der Waals surface area (Å²) in [6.07, 6.45) is -3.06. The van der Waals surface area contributed by atoms with E-state index in [4.69, 9.17) is 14.2 Å². The molecule has 8 nitrogen and oxygen atoms in total. The zero-order valence-electron chi connectivity index (χ0n) is 20.7. The van der Waals surface area contributed by atoms with Crippen molar-refractivity contribution < 1.29 is 42.4 Å². The number of fused-ring (bicyclic) bond motifs is 1. The first kappa shape index (κ1) is 26.7. The molecule has 0 saturated heterocycles. The van der Waals surface area contributed by atoms with E-state index in [2.05, 4.69) is 5.10 Å². The highest BCUT2D eigenvalue weighted by atomic mass is 19.4. The van der Waals surface area contributed by atoms with Gasteiger partial charge in [0.05, 0.1) is 43.2 Å². The fraction of sp³-hybridized carbons (Fsp3) is 0.462. The van der Waals surface area contributed by atoms with Crippen molar-refractivity contribution in [1.82, 2.24) is 9.61 Å². The molecule has 1 aliphatic carbocycles. The number of alkyl halides is 3. The average Bonchev–Trinajstić information content (AvgIpc) is 3.51. The molecule has 0 radical (unpaired) electrons. The van der Waals surface area contributed by atoms with Gasteiger partial charge in [-0.15, -0.1) is 0 Å². The Morgan fingerprint density at radius 2 is 1.73 bits per heavy atom. The number of aliphatic hydroxyl groups is 1. The Morgan fingerprint density at radius 3 is 2.27 bits per heavy atom. The van der Waals surface area contributed by atoms with Crippen LogP contribution in [0.3, 0.4) is 0 Å². The summed E-state index contributed by atoms with van der Waals surface area (Å²) < 4.78 is 58.2. The number of pyridine rings is 1. The zero-order chi connectivity index (χ0) is 26.9. The monoisotopic (exact) mass is 522 g/mol. The summed E-state index contributed by atoms with van der Waals surface area (Å²) in [4.78, 5) is 11.7. The number of aromatic carboxylic acids is 1. The van der Waals surface area contributed by atoms with Gasteiger partial charge in [-0.3, -0.25) is 0 Å². The first-order valence-electron chi connectivity index (χ1n) is 11.9. The van der Waals surface area contributed by atoms with E-state index in [-0.39, 0.29) is 23.7 Å². The normalized spacial score (nSPS) is 16.2. The number of hydrogen-bond acceptors (Lipinski definition) is 6. The van der Waals surface area contributed by atoms with Crippen molar-refractivity contribution in [3.8, 4) is 11.5 Å². The predicted octanol–water partition coefficient (Wildman–Crippen LogP) is 4.98. The lowest BCUT2D eigenvalue weighted by atomic mass is 9.98. The molecule has 2 atom stereocenters. The number of aliphatic hydroxyl groups excluding tert-OH is 1. The fourth-order valence-corrected chi connectivity index (χ4v) is 4.77. The molecular weight excluding hydrogens is 493 g/mol. The molecule has 3 aromatic rings. The highest BCUT2D eigenvalue weighted by molar-refractivity contribution is 5.87. The second-order valence-corrected chi connectivity index (χ2v) is 9.18. The summed E-state index contributed by atoms with van der Waals surface area (Å²) in [7, 11) is 3.02. The number of rotatable bonds is 9. The Morgan fingerprint density at radius 1 is 1.11 bits per heavy atom. The molecule has 0 spiro atoms. The molecule has 11 heteroatoms. The number of halogens is 3. The van der Waals surface area contributed by atoms with Gasteiger partial charge < -0.3 is 24.4 Å². The lowest BCUT2D eigenvalue weighted by molar-refractivity contribution is -0.137. The first-order chi connectivity index (χ1) is 17.5. The van der Waals surface area contributed by atoms with E-state index >= 15 is 0 Å². The van der Waals surface area contributed by atoms with Crippen LogP contribution < -0.4 is 9.47 Å². The number of methoxy groups -OCH3 is 2. The molecule has 37 heavy (non-hydrogen) atoms. The minimum absolute atomic E-state index is 0.0185. The molecular formula is C26H29F3N2O6. The summed E-state index contributed by atoms with van der Waals surface area (Å²) in [5.41, 5.74) is -0.183. The predicted molar refractivity (Wildman–Crippen MR) is 127 cm³/mol. The van der Waals surface area contributed by atoms with Crippen LogP contribution >= 0.6 is 0 Å². The van der Waals surface area contributed by atoms with Crippen molar-refractivity contribution in [2.45, 2.75) is 63.5 Å². The van der Waals surface area contributed by atoms with Gasteiger partial charge in [0.15, 0.2) is 5.69 Å². The first-order valence-corrected chi connectivity index (χ1v) is 11.9. The Balaban J connectivity index is 1.72. The van der Waals surface area contributed by atoms with Crippen molar-refractivity contribution in [3.63, 3.8) is 0 Å². The third kappa shape index (κ3) is 5.67. The minimum Gasteiger partial charge on any atom is -0.496 e. The molecule has 1 fully saturated rings. The second kappa shape index (κ2) is 10.6. The molecule has 2 aromatic heterocycles. The van der Waals surface area contributed by atoms with E-state index < -0.39 is 35.6 Å². The molecule has 1 aromatic carbocycles. The quantitative estimate of drug-likeness (QED) is 0.409. The van der Waals surface area contributed by atoms with E-state index in [9.17, 15) is 28.2 Å². The van der Waals surface area contributed by atoms with E-state index in [0.29, 0.717) is 23.1 Å². The number of carboxylic acids is 1. The Labute approximate surface area is 211 Å². The van der Waals surface area contributed by atoms with Gasteiger partial charge >= 0.3 is 12.1 Å². The number of hydrogen-bond donors (Lipinski definition) is 2. The van der Waals surface area contributed by atoms with Crippen molar-refractivity contribution in [2.75, 3.05) is 14.2 Å². The van der Waals surface area contributed by atoms with Crippen molar-refractivity contribution in [1.29, 1.82) is 0 Å². The molecule has 2 N–H and O–H groups in total. The van der Waals surface area contributed by atoms with Crippen LogP contribution in [0.25, 0.3) is 5.52 Å².